The van der Waals surface area contributed by atoms with E-state index in [1.54, 1.807) is 0 Å². The van der Waals surface area contributed by atoms with E-state index in [4.69, 9.17) is 12.2 Å². The number of H-pyrrole nitrogens is 1. The molecule has 14 heavy (non-hydrogen) atoms. The summed E-state index contributed by atoms with van der Waals surface area (Å²) >= 11 is 7.05. The maximum atomic E-state index is 5.16. The lowest BCUT2D eigenvalue weighted by Crippen LogP contribution is -2.03. The van der Waals surface area contributed by atoms with E-state index in [1.807, 2.05) is 11.8 Å². The van der Waals surface area contributed by atoms with Crippen molar-refractivity contribution >= 4 is 24.0 Å². The summed E-state index contributed by atoms with van der Waals surface area (Å²) in [6, 6.07) is 0. The largest absolute Gasteiger partial charge is 0.304 e. The Morgan fingerprint density at radius 3 is 2.93 bits per heavy atom. The van der Waals surface area contributed by atoms with Gasteiger partial charge < -0.3 is 4.57 Å². The van der Waals surface area contributed by atoms with Crippen LogP contribution in [0.4, 0.5) is 0 Å². The predicted octanol–water partition coefficient (Wildman–Crippen LogP) is 2.65. The smallest absolute Gasteiger partial charge is 0.195 e. The molecular weight excluding hydrogens is 214 g/mol. The molecule has 0 saturated carbocycles. The Bertz CT molecular complexity index is 316. The summed E-state index contributed by atoms with van der Waals surface area (Å²) in [5.74, 6) is 2.30. The summed E-state index contributed by atoms with van der Waals surface area (Å²) in [7, 11) is 0. The third-order valence-electron chi connectivity index (χ3n) is 2.13. The molecule has 0 spiro atoms. The van der Waals surface area contributed by atoms with Crippen molar-refractivity contribution in [2.75, 3.05) is 12.0 Å². The van der Waals surface area contributed by atoms with Crippen LogP contribution in [0.1, 0.15) is 25.6 Å². The van der Waals surface area contributed by atoms with Crippen LogP contribution < -0.4 is 0 Å². The van der Waals surface area contributed by atoms with Gasteiger partial charge in [-0.05, 0) is 37.1 Å². The van der Waals surface area contributed by atoms with Gasteiger partial charge in [0.15, 0.2) is 4.77 Å². The van der Waals surface area contributed by atoms with Crippen LogP contribution in [0.5, 0.6) is 0 Å². The lowest BCUT2D eigenvalue weighted by Gasteiger charge is -2.04. The first-order valence-corrected chi connectivity index (χ1v) is 6.72. The van der Waals surface area contributed by atoms with E-state index >= 15 is 0 Å². The third-order valence-corrected chi connectivity index (χ3v) is 3.14. The zero-order valence-electron chi connectivity index (χ0n) is 8.75. The third kappa shape index (κ3) is 3.13. The number of nitrogens with one attached hydrogen (secondary N) is 1. The Balaban J connectivity index is 2.48. The fourth-order valence-corrected chi connectivity index (χ4v) is 2.10. The molecule has 80 valence electrons. The molecule has 0 atom stereocenters. The summed E-state index contributed by atoms with van der Waals surface area (Å²) in [6.45, 7) is 3.10. The van der Waals surface area contributed by atoms with Crippen molar-refractivity contribution in [2.45, 2.75) is 32.7 Å². The van der Waals surface area contributed by atoms with Gasteiger partial charge in [-0.1, -0.05) is 6.92 Å². The minimum Gasteiger partial charge on any atom is -0.304 e. The first-order valence-electron chi connectivity index (χ1n) is 4.92. The van der Waals surface area contributed by atoms with Crippen molar-refractivity contribution in [3.63, 3.8) is 0 Å². The van der Waals surface area contributed by atoms with Crippen LogP contribution in [-0.4, -0.2) is 26.8 Å². The van der Waals surface area contributed by atoms with E-state index < -0.39 is 0 Å². The Labute approximate surface area is 94.3 Å². The Hall–Kier alpha value is -0.290. The highest BCUT2D eigenvalue weighted by Crippen LogP contribution is 2.04. The molecule has 3 nitrogen and oxygen atoms in total. The predicted molar refractivity (Wildman–Crippen MR) is 64.4 cm³/mol. The molecule has 5 heteroatoms. The molecule has 0 aliphatic heterocycles. The number of unbranched alkanes of at least 4 members (excludes halogenated alkanes) is 1. The average Bonchev–Trinajstić information content (AvgIpc) is 2.55. The molecule has 0 bridgehead atoms. The van der Waals surface area contributed by atoms with Crippen LogP contribution in [0.3, 0.4) is 0 Å². The normalized spacial score (nSPS) is 10.7. The highest BCUT2D eigenvalue weighted by molar-refractivity contribution is 7.98. The maximum Gasteiger partial charge on any atom is 0.195 e. The first kappa shape index (κ1) is 11.8. The van der Waals surface area contributed by atoms with Gasteiger partial charge in [-0.2, -0.15) is 16.9 Å². The standard InChI is InChI=1S/C9H17N3S2/c1-3-8-10-11-9(13)12(8)6-4-5-7-14-2/h3-7H2,1-2H3,(H,11,13). The fourth-order valence-electron chi connectivity index (χ4n) is 1.37. The number of aromatic nitrogens is 3. The van der Waals surface area contributed by atoms with E-state index in [0.29, 0.717) is 0 Å². The Morgan fingerprint density at radius 2 is 2.29 bits per heavy atom. The van der Waals surface area contributed by atoms with Crippen LogP contribution >= 0.6 is 24.0 Å². The second-order valence-electron chi connectivity index (χ2n) is 3.15. The molecule has 0 amide bonds. The van der Waals surface area contributed by atoms with Crippen LogP contribution in [-0.2, 0) is 13.0 Å². The number of thioether (sulfide) groups is 1. The number of hydrogen-bond acceptors (Lipinski definition) is 3. The van der Waals surface area contributed by atoms with Gasteiger partial charge in [0.25, 0.3) is 0 Å². The van der Waals surface area contributed by atoms with Crippen molar-refractivity contribution < 1.29 is 0 Å². The van der Waals surface area contributed by atoms with E-state index in [1.165, 1.54) is 18.6 Å². The molecule has 1 N–H and O–H groups in total. The van der Waals surface area contributed by atoms with Gasteiger partial charge in [-0.15, -0.1) is 0 Å². The second-order valence-corrected chi connectivity index (χ2v) is 4.52. The van der Waals surface area contributed by atoms with Gasteiger partial charge in [0, 0.05) is 13.0 Å². The molecule has 1 aromatic heterocycles. The molecule has 0 saturated heterocycles. The highest BCUT2D eigenvalue weighted by atomic mass is 32.2. The molecule has 0 aliphatic rings. The molecule has 0 aliphatic carbocycles. The second kappa shape index (κ2) is 6.24. The fraction of sp³-hybridized carbons (Fsp3) is 0.778. The summed E-state index contributed by atoms with van der Waals surface area (Å²) in [5, 5.41) is 7.01. The van der Waals surface area contributed by atoms with Crippen molar-refractivity contribution in [1.82, 2.24) is 14.8 Å². The van der Waals surface area contributed by atoms with Crippen LogP contribution in [0, 0.1) is 4.77 Å². The lowest BCUT2D eigenvalue weighted by molar-refractivity contribution is 0.602. The topological polar surface area (TPSA) is 33.6 Å². The first-order chi connectivity index (χ1) is 6.79. The number of aromatic amines is 1. The summed E-state index contributed by atoms with van der Waals surface area (Å²) < 4.78 is 2.86. The molecule has 1 heterocycles. The quantitative estimate of drug-likeness (QED) is 0.603. The molecule has 0 radical (unpaired) electrons. The number of hydrogen-bond donors (Lipinski definition) is 1. The zero-order chi connectivity index (χ0) is 10.4. The molecule has 0 fully saturated rings. The van der Waals surface area contributed by atoms with E-state index in [0.717, 1.165) is 23.6 Å². The summed E-state index contributed by atoms with van der Waals surface area (Å²) in [5.41, 5.74) is 0. The average molecular weight is 231 g/mol. The minimum atomic E-state index is 0.756. The molecule has 0 aromatic carbocycles. The van der Waals surface area contributed by atoms with E-state index in [-0.39, 0.29) is 0 Å². The zero-order valence-corrected chi connectivity index (χ0v) is 10.4. The number of nitrogens with zero attached hydrogens (tertiary/aromatic N) is 2. The lowest BCUT2D eigenvalue weighted by atomic mass is 10.3. The molecular formula is C9H17N3S2. The Kier molecular flexibility index (Phi) is 5.25. The highest BCUT2D eigenvalue weighted by Gasteiger charge is 2.02. The van der Waals surface area contributed by atoms with Gasteiger partial charge in [-0.3, -0.25) is 5.10 Å². The number of rotatable bonds is 6. The van der Waals surface area contributed by atoms with E-state index in [2.05, 4.69) is 27.9 Å². The van der Waals surface area contributed by atoms with Crippen LogP contribution in [0.2, 0.25) is 0 Å². The maximum absolute atomic E-state index is 5.16. The van der Waals surface area contributed by atoms with Crippen LogP contribution in [0.15, 0.2) is 0 Å². The molecule has 1 aromatic rings. The SMILES string of the molecule is CCc1n[nH]c(=S)n1CCCCSC. The van der Waals surface area contributed by atoms with Crippen molar-refractivity contribution in [3.8, 4) is 0 Å². The van der Waals surface area contributed by atoms with Gasteiger partial charge in [0.1, 0.15) is 5.82 Å². The van der Waals surface area contributed by atoms with Crippen LogP contribution in [0.25, 0.3) is 0 Å². The van der Waals surface area contributed by atoms with Crippen molar-refractivity contribution in [1.29, 1.82) is 0 Å². The van der Waals surface area contributed by atoms with Gasteiger partial charge in [0.05, 0.1) is 0 Å². The van der Waals surface area contributed by atoms with Gasteiger partial charge in [0.2, 0.25) is 0 Å². The molecule has 0 unspecified atom stereocenters. The van der Waals surface area contributed by atoms with Gasteiger partial charge in [-0.25, -0.2) is 0 Å². The summed E-state index contributed by atoms with van der Waals surface area (Å²) in [4.78, 5) is 0. The van der Waals surface area contributed by atoms with Crippen molar-refractivity contribution in [3.05, 3.63) is 10.6 Å². The van der Waals surface area contributed by atoms with Crippen molar-refractivity contribution in [2.24, 2.45) is 0 Å². The summed E-state index contributed by atoms with van der Waals surface area (Å²) in [6.07, 6.45) is 5.51. The molecule has 1 rings (SSSR count). The monoisotopic (exact) mass is 231 g/mol. The number of aryl methyl sites for hydroxylation is 1. The van der Waals surface area contributed by atoms with E-state index in [9.17, 15) is 0 Å². The minimum absolute atomic E-state index is 0.756. The Morgan fingerprint density at radius 1 is 1.50 bits per heavy atom. The van der Waals surface area contributed by atoms with Gasteiger partial charge >= 0.3 is 0 Å².